The average molecular weight is 394 g/mol. The molecule has 0 aliphatic carbocycles. The van der Waals surface area contributed by atoms with E-state index in [0.717, 1.165) is 10.9 Å². The van der Waals surface area contributed by atoms with Crippen LogP contribution in [0, 0.1) is 0 Å². The zero-order valence-corrected chi connectivity index (χ0v) is 17.0. The molecule has 0 radical (unpaired) electrons. The molecule has 0 heterocycles. The second kappa shape index (κ2) is 9.74. The molecule has 3 aromatic rings. The molecule has 3 aromatic carbocycles. The summed E-state index contributed by atoms with van der Waals surface area (Å²) in [7, 11) is -3.47. The van der Waals surface area contributed by atoms with Crippen molar-refractivity contribution in [2.45, 2.75) is 13.8 Å². The van der Waals surface area contributed by atoms with Crippen molar-refractivity contribution in [1.29, 1.82) is 0 Å². The molecule has 0 saturated heterocycles. The highest BCUT2D eigenvalue weighted by molar-refractivity contribution is 7.62. The van der Waals surface area contributed by atoms with Gasteiger partial charge in [0.15, 0.2) is 0 Å². The van der Waals surface area contributed by atoms with Crippen LogP contribution in [0.2, 0.25) is 0 Å². The minimum atomic E-state index is -3.47. The lowest BCUT2D eigenvalue weighted by molar-refractivity contribution is 0.229. The van der Waals surface area contributed by atoms with Crippen LogP contribution in [0.4, 0.5) is 0 Å². The van der Waals surface area contributed by atoms with E-state index in [9.17, 15) is 4.57 Å². The molecule has 0 unspecified atom stereocenters. The second-order valence-corrected chi connectivity index (χ2v) is 8.11. The molecule has 144 valence electrons. The number of rotatable bonds is 9. The minimum absolute atomic E-state index is 0.284. The van der Waals surface area contributed by atoms with Gasteiger partial charge in [-0.3, -0.25) is 4.57 Å². The molecule has 0 atom stereocenters. The first-order chi connectivity index (χ1) is 13.7. The van der Waals surface area contributed by atoms with Crippen LogP contribution < -0.4 is 20.9 Å². The van der Waals surface area contributed by atoms with Crippen LogP contribution in [0.25, 0.3) is 0 Å². The van der Waals surface area contributed by atoms with E-state index in [1.165, 1.54) is 0 Å². The summed E-state index contributed by atoms with van der Waals surface area (Å²) in [5, 5.41) is 0.440. The van der Waals surface area contributed by atoms with Gasteiger partial charge in [0.05, 0.1) is 13.2 Å². The predicted molar refractivity (Wildman–Crippen MR) is 115 cm³/mol. The Balaban J connectivity index is 2.04. The van der Waals surface area contributed by atoms with E-state index in [4.69, 9.17) is 13.7 Å². The van der Waals surface area contributed by atoms with Gasteiger partial charge in [0.2, 0.25) is 0 Å². The average Bonchev–Trinajstić information content (AvgIpc) is 2.74. The van der Waals surface area contributed by atoms with E-state index >= 15 is 0 Å². The topological polar surface area (TPSA) is 44.8 Å². The fourth-order valence-corrected chi connectivity index (χ4v) is 4.71. The zero-order chi connectivity index (χ0) is 19.8. The Hall–Kier alpha value is -2.33. The SMILES string of the molecule is CCOP(=O)(OCC)c1ccccc1OB(c1ccccc1)c1ccccc1. The summed E-state index contributed by atoms with van der Waals surface area (Å²) >= 11 is 0. The lowest BCUT2D eigenvalue weighted by Gasteiger charge is -2.23. The highest BCUT2D eigenvalue weighted by atomic mass is 31.2. The summed E-state index contributed by atoms with van der Waals surface area (Å²) in [6.45, 7) is 3.82. The van der Waals surface area contributed by atoms with Gasteiger partial charge < -0.3 is 13.7 Å². The summed E-state index contributed by atoms with van der Waals surface area (Å²) in [6, 6.07) is 27.1. The van der Waals surface area contributed by atoms with Crippen LogP contribution in [-0.4, -0.2) is 20.1 Å². The number of benzene rings is 3. The summed E-state index contributed by atoms with van der Waals surface area (Å²) in [5.41, 5.74) is 2.01. The highest BCUT2D eigenvalue weighted by Crippen LogP contribution is 2.49. The third-order valence-corrected chi connectivity index (χ3v) is 6.36. The van der Waals surface area contributed by atoms with Crippen LogP contribution in [0.5, 0.6) is 5.75 Å². The molecular weight excluding hydrogens is 370 g/mol. The Bertz CT molecular complexity index is 869. The lowest BCUT2D eigenvalue weighted by Crippen LogP contribution is -2.48. The minimum Gasteiger partial charge on any atom is -0.551 e. The Morgan fingerprint density at radius 3 is 1.68 bits per heavy atom. The maximum absolute atomic E-state index is 13.4. The predicted octanol–water partition coefficient (Wildman–Crippen LogP) is 3.76. The molecule has 0 N–H and O–H groups in total. The maximum atomic E-state index is 13.4. The van der Waals surface area contributed by atoms with Crippen LogP contribution in [0.15, 0.2) is 84.9 Å². The Kier molecular flexibility index (Phi) is 7.10. The first-order valence-corrected chi connectivity index (χ1v) is 11.0. The van der Waals surface area contributed by atoms with Crippen LogP contribution in [0.1, 0.15) is 13.8 Å². The van der Waals surface area contributed by atoms with E-state index in [0.29, 0.717) is 11.1 Å². The fourth-order valence-electron chi connectivity index (χ4n) is 3.01. The Morgan fingerprint density at radius 1 is 0.714 bits per heavy atom. The van der Waals surface area contributed by atoms with Gasteiger partial charge in [-0.25, -0.2) is 0 Å². The monoisotopic (exact) mass is 394 g/mol. The second-order valence-electron chi connectivity index (χ2n) is 6.12. The molecule has 3 rings (SSSR count). The van der Waals surface area contributed by atoms with Crippen LogP contribution >= 0.6 is 7.60 Å². The maximum Gasteiger partial charge on any atom is 0.426 e. The molecule has 6 heteroatoms. The van der Waals surface area contributed by atoms with Crippen molar-refractivity contribution in [3.8, 4) is 5.75 Å². The Labute approximate surface area is 167 Å². The summed E-state index contributed by atoms with van der Waals surface area (Å²) in [4.78, 5) is 0. The quantitative estimate of drug-likeness (QED) is 0.410. The largest absolute Gasteiger partial charge is 0.551 e. The van der Waals surface area contributed by atoms with Gasteiger partial charge in [0.25, 0.3) is 0 Å². The van der Waals surface area contributed by atoms with E-state index < -0.39 is 7.60 Å². The molecule has 0 bridgehead atoms. The third-order valence-electron chi connectivity index (χ3n) is 4.21. The molecule has 0 aliphatic rings. The van der Waals surface area contributed by atoms with Crippen molar-refractivity contribution in [1.82, 2.24) is 0 Å². The molecule has 0 aliphatic heterocycles. The zero-order valence-electron chi connectivity index (χ0n) is 16.2. The van der Waals surface area contributed by atoms with Gasteiger partial charge in [-0.15, -0.1) is 0 Å². The Morgan fingerprint density at radius 2 is 1.18 bits per heavy atom. The van der Waals surface area contributed by atoms with Crippen molar-refractivity contribution >= 4 is 30.7 Å². The van der Waals surface area contributed by atoms with Crippen molar-refractivity contribution in [2.75, 3.05) is 13.2 Å². The molecule has 0 fully saturated rings. The fraction of sp³-hybridized carbons (Fsp3) is 0.182. The van der Waals surface area contributed by atoms with Gasteiger partial charge in [0.1, 0.15) is 11.1 Å². The van der Waals surface area contributed by atoms with Gasteiger partial charge in [-0.1, -0.05) is 72.8 Å². The highest BCUT2D eigenvalue weighted by Gasteiger charge is 2.32. The van der Waals surface area contributed by atoms with E-state index in [2.05, 4.69) is 0 Å². The van der Waals surface area contributed by atoms with Gasteiger partial charge in [-0.05, 0) is 36.9 Å². The third kappa shape index (κ3) is 4.74. The van der Waals surface area contributed by atoms with Crippen molar-refractivity contribution in [2.24, 2.45) is 0 Å². The smallest absolute Gasteiger partial charge is 0.426 e. The molecule has 0 amide bonds. The first-order valence-electron chi connectivity index (χ1n) is 9.43. The summed E-state index contributed by atoms with van der Waals surface area (Å²) in [5.74, 6) is 0.491. The normalized spacial score (nSPS) is 11.2. The summed E-state index contributed by atoms with van der Waals surface area (Å²) < 4.78 is 30.9. The van der Waals surface area contributed by atoms with Gasteiger partial charge in [-0.2, -0.15) is 0 Å². The first kappa shape index (κ1) is 20.4. The molecular formula is C22H24BO4P. The van der Waals surface area contributed by atoms with Crippen molar-refractivity contribution < 1.29 is 18.3 Å². The van der Waals surface area contributed by atoms with Crippen molar-refractivity contribution in [3.05, 3.63) is 84.9 Å². The van der Waals surface area contributed by atoms with Gasteiger partial charge >= 0.3 is 14.5 Å². The number of hydrogen-bond donors (Lipinski definition) is 0. The molecule has 4 nitrogen and oxygen atoms in total. The van der Waals surface area contributed by atoms with E-state index in [-0.39, 0.29) is 20.1 Å². The molecule has 0 spiro atoms. The standard InChI is InChI=1S/C22H24BO4P/c1-3-25-28(24,26-4-2)22-18-12-11-17-21(22)27-23(19-13-7-5-8-14-19)20-15-9-6-10-16-20/h5-18H,3-4H2,1-2H3. The van der Waals surface area contributed by atoms with Gasteiger partial charge in [0, 0.05) is 0 Å². The van der Waals surface area contributed by atoms with Crippen LogP contribution in [0.3, 0.4) is 0 Å². The molecule has 28 heavy (non-hydrogen) atoms. The van der Waals surface area contributed by atoms with Crippen molar-refractivity contribution in [3.63, 3.8) is 0 Å². The van der Waals surface area contributed by atoms with E-state index in [1.54, 1.807) is 26.0 Å². The number of para-hydroxylation sites is 1. The summed E-state index contributed by atoms with van der Waals surface area (Å²) in [6.07, 6.45) is 0. The molecule has 0 saturated carbocycles. The van der Waals surface area contributed by atoms with Crippen LogP contribution in [-0.2, 0) is 13.6 Å². The molecule has 0 aromatic heterocycles. The van der Waals surface area contributed by atoms with E-state index in [1.807, 2.05) is 72.8 Å². The number of hydrogen-bond acceptors (Lipinski definition) is 4. The lowest BCUT2D eigenvalue weighted by atomic mass is 9.55.